The van der Waals surface area contributed by atoms with Gasteiger partial charge in [0.05, 0.1) is 0 Å². The van der Waals surface area contributed by atoms with E-state index in [-0.39, 0.29) is 0 Å². The van der Waals surface area contributed by atoms with Crippen LogP contribution in [0.4, 0.5) is 0 Å². The van der Waals surface area contributed by atoms with E-state index in [0.717, 1.165) is 5.56 Å². The highest BCUT2D eigenvalue weighted by atomic mass is 16.6. The van der Waals surface area contributed by atoms with Gasteiger partial charge in [-0.05, 0) is 18.9 Å². The van der Waals surface area contributed by atoms with Crippen molar-refractivity contribution in [3.63, 3.8) is 0 Å². The molecule has 0 saturated carbocycles. The molecule has 1 aliphatic rings. The van der Waals surface area contributed by atoms with Crippen molar-refractivity contribution in [1.82, 2.24) is 0 Å². The van der Waals surface area contributed by atoms with Crippen molar-refractivity contribution in [1.29, 1.82) is 0 Å². The van der Waals surface area contributed by atoms with Crippen LogP contribution in [0.15, 0.2) is 30.3 Å². The van der Waals surface area contributed by atoms with Gasteiger partial charge in [-0.25, -0.2) is 4.79 Å². The van der Waals surface area contributed by atoms with Crippen LogP contribution in [0.5, 0.6) is 0 Å². The Kier molecular flexibility index (Phi) is 2.08. The Morgan fingerprint density at radius 3 is 2.40 bits per heavy atom. The van der Waals surface area contributed by atoms with Gasteiger partial charge >= 0.3 is 5.97 Å². The molecule has 3 heteroatoms. The molecular formula is C12H14O3. The first-order valence-corrected chi connectivity index (χ1v) is 5.06. The Morgan fingerprint density at radius 1 is 1.40 bits per heavy atom. The summed E-state index contributed by atoms with van der Waals surface area (Å²) in [6, 6.07) is 9.50. The van der Waals surface area contributed by atoms with Crippen molar-refractivity contribution in [2.75, 3.05) is 0 Å². The van der Waals surface area contributed by atoms with Crippen LogP contribution in [0, 0.1) is 0 Å². The molecule has 1 aliphatic heterocycles. The van der Waals surface area contributed by atoms with E-state index < -0.39 is 17.2 Å². The summed E-state index contributed by atoms with van der Waals surface area (Å²) < 4.78 is 5.49. The van der Waals surface area contributed by atoms with E-state index in [9.17, 15) is 9.90 Å². The summed E-state index contributed by atoms with van der Waals surface area (Å²) in [6.45, 7) is 3.67. The lowest BCUT2D eigenvalue weighted by Crippen LogP contribution is -2.30. The second-order valence-electron chi connectivity index (χ2n) is 3.99. The number of rotatable bonds is 3. The summed E-state index contributed by atoms with van der Waals surface area (Å²) in [5.41, 5.74) is -0.780. The van der Waals surface area contributed by atoms with Crippen LogP contribution in [0.2, 0.25) is 0 Å². The fourth-order valence-corrected chi connectivity index (χ4v) is 2.18. The van der Waals surface area contributed by atoms with E-state index in [1.165, 1.54) is 0 Å². The number of ether oxygens (including phenoxy) is 1. The van der Waals surface area contributed by atoms with Gasteiger partial charge in [-0.1, -0.05) is 37.3 Å². The second-order valence-corrected chi connectivity index (χ2v) is 3.99. The molecule has 0 aliphatic carbocycles. The zero-order valence-corrected chi connectivity index (χ0v) is 8.86. The van der Waals surface area contributed by atoms with Gasteiger partial charge in [0.15, 0.2) is 5.60 Å². The first kappa shape index (κ1) is 10.2. The van der Waals surface area contributed by atoms with Crippen molar-refractivity contribution >= 4 is 5.97 Å². The lowest BCUT2D eigenvalue weighted by atomic mass is 9.86. The lowest BCUT2D eigenvalue weighted by Gasteiger charge is -2.11. The van der Waals surface area contributed by atoms with E-state index >= 15 is 0 Å². The minimum atomic E-state index is -1.03. The standard InChI is InChI=1S/C12H14O3/c1-3-12(10(13)14)11(2,15-12)9-7-5-4-6-8-9/h4-8H,3H2,1-2H3,(H,13,14). The van der Waals surface area contributed by atoms with Crippen molar-refractivity contribution in [2.24, 2.45) is 0 Å². The number of hydrogen-bond donors (Lipinski definition) is 1. The van der Waals surface area contributed by atoms with E-state index in [4.69, 9.17) is 4.74 Å². The van der Waals surface area contributed by atoms with Gasteiger partial charge < -0.3 is 9.84 Å². The van der Waals surface area contributed by atoms with E-state index in [1.54, 1.807) is 0 Å². The minimum Gasteiger partial charge on any atom is -0.479 e. The summed E-state index contributed by atoms with van der Waals surface area (Å²) in [5, 5.41) is 9.18. The molecule has 1 saturated heterocycles. The summed E-state index contributed by atoms with van der Waals surface area (Å²) in [4.78, 5) is 11.2. The van der Waals surface area contributed by atoms with E-state index in [0.29, 0.717) is 6.42 Å². The van der Waals surface area contributed by atoms with Crippen LogP contribution in [-0.2, 0) is 15.1 Å². The number of hydrogen-bond acceptors (Lipinski definition) is 2. The minimum absolute atomic E-state index is 0.480. The lowest BCUT2D eigenvalue weighted by molar-refractivity contribution is -0.143. The van der Waals surface area contributed by atoms with E-state index in [2.05, 4.69) is 0 Å². The molecule has 1 N–H and O–H groups in total. The van der Waals surface area contributed by atoms with Gasteiger partial charge in [-0.15, -0.1) is 0 Å². The summed E-state index contributed by atoms with van der Waals surface area (Å²) in [5.74, 6) is -0.878. The monoisotopic (exact) mass is 206 g/mol. The second kappa shape index (κ2) is 3.07. The molecule has 0 aromatic heterocycles. The Bertz CT molecular complexity index is 387. The molecule has 0 spiro atoms. The van der Waals surface area contributed by atoms with Crippen LogP contribution < -0.4 is 0 Å². The van der Waals surface area contributed by atoms with Gasteiger partial charge in [0.1, 0.15) is 5.60 Å². The highest BCUT2D eigenvalue weighted by molar-refractivity contribution is 5.83. The van der Waals surface area contributed by atoms with Crippen molar-refractivity contribution in [3.8, 4) is 0 Å². The zero-order chi connectivity index (χ0) is 11.1. The predicted octanol–water partition coefficient (Wildman–Crippen LogP) is 2.17. The Hall–Kier alpha value is -1.35. The topological polar surface area (TPSA) is 49.8 Å². The molecule has 3 nitrogen and oxygen atoms in total. The number of epoxide rings is 1. The summed E-state index contributed by atoms with van der Waals surface area (Å²) in [6.07, 6.45) is 0.480. The Labute approximate surface area is 88.7 Å². The molecule has 0 bridgehead atoms. The SMILES string of the molecule is CCC1(C(=O)O)OC1(C)c1ccccc1. The van der Waals surface area contributed by atoms with Crippen molar-refractivity contribution < 1.29 is 14.6 Å². The maximum Gasteiger partial charge on any atom is 0.339 e. The zero-order valence-electron chi connectivity index (χ0n) is 8.86. The molecule has 0 amide bonds. The van der Waals surface area contributed by atoms with Crippen LogP contribution in [0.3, 0.4) is 0 Å². The molecule has 15 heavy (non-hydrogen) atoms. The average Bonchev–Trinajstić information content (AvgIpc) is 2.89. The number of carbonyl (C=O) groups is 1. The van der Waals surface area contributed by atoms with Crippen molar-refractivity contribution in [2.45, 2.75) is 31.5 Å². The van der Waals surface area contributed by atoms with Crippen LogP contribution in [0.1, 0.15) is 25.8 Å². The molecule has 80 valence electrons. The first-order chi connectivity index (χ1) is 7.07. The smallest absolute Gasteiger partial charge is 0.339 e. The number of aliphatic carboxylic acids is 1. The fraction of sp³-hybridized carbons (Fsp3) is 0.417. The van der Waals surface area contributed by atoms with Crippen LogP contribution in [-0.4, -0.2) is 16.7 Å². The molecule has 2 unspecified atom stereocenters. The fourth-order valence-electron chi connectivity index (χ4n) is 2.18. The molecule has 1 aromatic carbocycles. The molecule has 2 rings (SSSR count). The number of carboxylic acid groups (broad SMARTS) is 1. The quantitative estimate of drug-likeness (QED) is 0.771. The molecule has 1 heterocycles. The third-order valence-electron chi connectivity index (χ3n) is 3.28. The van der Waals surface area contributed by atoms with Gasteiger partial charge in [0.25, 0.3) is 0 Å². The highest BCUT2D eigenvalue weighted by Gasteiger charge is 2.72. The summed E-state index contributed by atoms with van der Waals surface area (Å²) in [7, 11) is 0. The van der Waals surface area contributed by atoms with Crippen LogP contribution in [0.25, 0.3) is 0 Å². The van der Waals surface area contributed by atoms with E-state index in [1.807, 2.05) is 44.2 Å². The third kappa shape index (κ3) is 1.20. The summed E-state index contributed by atoms with van der Waals surface area (Å²) >= 11 is 0. The maximum absolute atomic E-state index is 11.2. The average molecular weight is 206 g/mol. The number of benzene rings is 1. The maximum atomic E-state index is 11.2. The Balaban J connectivity index is 2.37. The molecular weight excluding hydrogens is 192 g/mol. The predicted molar refractivity (Wildman–Crippen MR) is 55.5 cm³/mol. The molecule has 1 fully saturated rings. The molecule has 1 aromatic rings. The van der Waals surface area contributed by atoms with Gasteiger partial charge in [0.2, 0.25) is 0 Å². The normalized spacial score (nSPS) is 33.7. The Morgan fingerprint density at radius 2 is 2.00 bits per heavy atom. The number of carboxylic acids is 1. The third-order valence-corrected chi connectivity index (χ3v) is 3.28. The largest absolute Gasteiger partial charge is 0.479 e. The van der Waals surface area contributed by atoms with Crippen LogP contribution >= 0.6 is 0 Å². The first-order valence-electron chi connectivity index (χ1n) is 5.06. The van der Waals surface area contributed by atoms with Gasteiger partial charge in [-0.3, -0.25) is 0 Å². The van der Waals surface area contributed by atoms with Gasteiger partial charge in [-0.2, -0.15) is 0 Å². The molecule has 2 atom stereocenters. The van der Waals surface area contributed by atoms with Crippen molar-refractivity contribution in [3.05, 3.63) is 35.9 Å². The van der Waals surface area contributed by atoms with Gasteiger partial charge in [0, 0.05) is 0 Å². The highest BCUT2D eigenvalue weighted by Crippen LogP contribution is 2.57. The molecule has 0 radical (unpaired) electrons.